The molecule has 0 N–H and O–H groups in total. The summed E-state index contributed by atoms with van der Waals surface area (Å²) in [4.78, 5) is 37.8. The monoisotopic (exact) mass is 821 g/mol. The Hall–Kier alpha value is -3.41. The topological polar surface area (TPSA) is 78.9 Å². The molecule has 0 aromatic heterocycles. The van der Waals surface area contributed by atoms with Crippen molar-refractivity contribution in [3.05, 3.63) is 85.1 Å². The first-order valence-corrected chi connectivity index (χ1v) is 24.1. The van der Waals surface area contributed by atoms with Crippen LogP contribution in [-0.4, -0.2) is 37.2 Å². The maximum absolute atomic E-state index is 12.7. The maximum Gasteiger partial charge on any atom is 0.309 e. The highest BCUT2D eigenvalue weighted by Gasteiger charge is 2.19. The fourth-order valence-electron chi connectivity index (χ4n) is 6.27. The maximum atomic E-state index is 12.7. The molecule has 0 saturated carbocycles. The summed E-state index contributed by atoms with van der Waals surface area (Å²) >= 11 is 0. The number of hydrogen-bond acceptors (Lipinski definition) is 6. The number of carbonyl (C=O) groups excluding carboxylic acids is 3. The van der Waals surface area contributed by atoms with Gasteiger partial charge >= 0.3 is 17.9 Å². The highest BCUT2D eigenvalue weighted by molar-refractivity contribution is 5.72. The molecule has 0 spiro atoms. The number of unbranched alkanes of at least 4 members (excludes halogenated alkanes) is 18. The van der Waals surface area contributed by atoms with E-state index in [-0.39, 0.29) is 31.6 Å². The minimum absolute atomic E-state index is 0.115. The standard InChI is InChI=1S/C53H88O6/c1-4-7-10-13-16-19-22-25-27-29-31-34-37-40-43-46-52(55)58-49-50(48-57-51(54)45-42-39-36-33-30-24-21-18-15-12-9-6-3)59-53(56)47-44-41-38-35-32-28-26-23-20-17-14-11-8-5-2/h7,10,16,18-19,21,23,25-27,31,34,40,43,50H,4-6,8-9,11-15,17,20,22,24,28-30,32-33,35-39,41-42,44-49H2,1-3H3/b10-7-,19-16-,21-18-,26-23-,27-25-,34-31-,43-40-. The Balaban J connectivity index is 4.54. The SMILES string of the molecule is CC/C=C\C/C=C\C/C=C\C/C=C\C/C=C\CC(=O)OCC(COC(=O)CCCCCCC/C=C\CCCCC)OC(=O)CCCCCCC/C=C\CCCCCCC. The Morgan fingerprint density at radius 1 is 0.373 bits per heavy atom. The molecule has 0 aliphatic heterocycles. The fourth-order valence-corrected chi connectivity index (χ4v) is 6.27. The Morgan fingerprint density at radius 2 is 0.729 bits per heavy atom. The second kappa shape index (κ2) is 47.3. The molecule has 0 saturated heterocycles. The molecule has 0 amide bonds. The van der Waals surface area contributed by atoms with E-state index < -0.39 is 12.1 Å². The van der Waals surface area contributed by atoms with Crippen LogP contribution in [0, 0.1) is 0 Å². The second-order valence-electron chi connectivity index (χ2n) is 15.6. The van der Waals surface area contributed by atoms with E-state index in [9.17, 15) is 14.4 Å². The first-order chi connectivity index (χ1) is 29.0. The van der Waals surface area contributed by atoms with Crippen molar-refractivity contribution in [2.45, 2.75) is 219 Å². The number of carbonyl (C=O) groups is 3. The van der Waals surface area contributed by atoms with Crippen LogP contribution in [-0.2, 0) is 28.6 Å². The normalized spacial score (nSPS) is 12.8. The molecule has 59 heavy (non-hydrogen) atoms. The predicted molar refractivity (Wildman–Crippen MR) is 251 cm³/mol. The zero-order valence-electron chi connectivity index (χ0n) is 38.2. The van der Waals surface area contributed by atoms with Crippen LogP contribution >= 0.6 is 0 Å². The van der Waals surface area contributed by atoms with Crippen LogP contribution < -0.4 is 0 Å². The van der Waals surface area contributed by atoms with E-state index in [1.807, 2.05) is 6.08 Å². The van der Waals surface area contributed by atoms with Crippen molar-refractivity contribution < 1.29 is 28.6 Å². The van der Waals surface area contributed by atoms with Gasteiger partial charge in [0.1, 0.15) is 13.2 Å². The quantitative estimate of drug-likeness (QED) is 0.0264. The minimum atomic E-state index is -0.822. The molecular formula is C53H88O6. The summed E-state index contributed by atoms with van der Waals surface area (Å²) < 4.78 is 16.6. The Bertz CT molecular complexity index is 1170. The van der Waals surface area contributed by atoms with Gasteiger partial charge in [-0.3, -0.25) is 14.4 Å². The van der Waals surface area contributed by atoms with Crippen molar-refractivity contribution in [1.82, 2.24) is 0 Å². The third-order valence-corrected chi connectivity index (χ3v) is 9.89. The summed E-state index contributed by atoms with van der Waals surface area (Å²) in [5.41, 5.74) is 0. The lowest BCUT2D eigenvalue weighted by Crippen LogP contribution is -2.30. The van der Waals surface area contributed by atoms with E-state index in [1.54, 1.807) is 6.08 Å². The highest BCUT2D eigenvalue weighted by atomic mass is 16.6. The van der Waals surface area contributed by atoms with Crippen LogP contribution in [0.5, 0.6) is 0 Å². The number of ether oxygens (including phenoxy) is 3. The van der Waals surface area contributed by atoms with Crippen molar-refractivity contribution in [3.8, 4) is 0 Å². The summed E-state index contributed by atoms with van der Waals surface area (Å²) in [6.07, 6.45) is 60.1. The van der Waals surface area contributed by atoms with Crippen molar-refractivity contribution in [2.75, 3.05) is 13.2 Å². The van der Waals surface area contributed by atoms with E-state index in [4.69, 9.17) is 14.2 Å². The van der Waals surface area contributed by atoms with Gasteiger partial charge in [-0.15, -0.1) is 0 Å². The van der Waals surface area contributed by atoms with Crippen LogP contribution in [0.3, 0.4) is 0 Å². The molecule has 0 fully saturated rings. The molecule has 0 aliphatic carbocycles. The van der Waals surface area contributed by atoms with Gasteiger partial charge < -0.3 is 14.2 Å². The van der Waals surface area contributed by atoms with Gasteiger partial charge in [-0.2, -0.15) is 0 Å². The lowest BCUT2D eigenvalue weighted by molar-refractivity contribution is -0.166. The van der Waals surface area contributed by atoms with Crippen molar-refractivity contribution in [3.63, 3.8) is 0 Å². The molecule has 336 valence electrons. The van der Waals surface area contributed by atoms with Gasteiger partial charge in [0.05, 0.1) is 6.42 Å². The van der Waals surface area contributed by atoms with Crippen molar-refractivity contribution in [2.24, 2.45) is 0 Å². The largest absolute Gasteiger partial charge is 0.462 e. The summed E-state index contributed by atoms with van der Waals surface area (Å²) in [7, 11) is 0. The average molecular weight is 821 g/mol. The van der Waals surface area contributed by atoms with E-state index in [1.165, 1.54) is 77.0 Å². The van der Waals surface area contributed by atoms with Gasteiger partial charge in [-0.05, 0) is 96.3 Å². The summed E-state index contributed by atoms with van der Waals surface area (Å²) in [6, 6.07) is 0. The van der Waals surface area contributed by atoms with Crippen molar-refractivity contribution >= 4 is 17.9 Å². The molecule has 0 bridgehead atoms. The van der Waals surface area contributed by atoms with Crippen LogP contribution in [0.2, 0.25) is 0 Å². The predicted octanol–water partition coefficient (Wildman–Crippen LogP) is 15.6. The van der Waals surface area contributed by atoms with Gasteiger partial charge in [0.15, 0.2) is 6.10 Å². The lowest BCUT2D eigenvalue weighted by Gasteiger charge is -2.18. The van der Waals surface area contributed by atoms with Crippen LogP contribution in [0.4, 0.5) is 0 Å². The van der Waals surface area contributed by atoms with Gasteiger partial charge in [0, 0.05) is 12.8 Å². The van der Waals surface area contributed by atoms with Crippen LogP contribution in [0.25, 0.3) is 0 Å². The minimum Gasteiger partial charge on any atom is -0.462 e. The smallest absolute Gasteiger partial charge is 0.309 e. The van der Waals surface area contributed by atoms with E-state index in [2.05, 4.69) is 93.7 Å². The summed E-state index contributed by atoms with van der Waals surface area (Å²) in [5, 5.41) is 0. The fraction of sp³-hybridized carbons (Fsp3) is 0.679. The Morgan fingerprint density at radius 3 is 1.20 bits per heavy atom. The second-order valence-corrected chi connectivity index (χ2v) is 15.6. The van der Waals surface area contributed by atoms with Gasteiger partial charge in [0.2, 0.25) is 0 Å². The molecule has 6 nitrogen and oxygen atoms in total. The number of rotatable bonds is 42. The van der Waals surface area contributed by atoms with Gasteiger partial charge in [0.25, 0.3) is 0 Å². The molecule has 1 atom stereocenters. The van der Waals surface area contributed by atoms with Crippen LogP contribution in [0.15, 0.2) is 85.1 Å². The molecule has 0 aliphatic rings. The summed E-state index contributed by atoms with van der Waals surface area (Å²) in [6.45, 7) is 6.37. The van der Waals surface area contributed by atoms with Crippen molar-refractivity contribution in [1.29, 1.82) is 0 Å². The molecule has 6 heteroatoms. The number of esters is 3. The van der Waals surface area contributed by atoms with E-state index in [0.29, 0.717) is 12.8 Å². The molecular weight excluding hydrogens is 733 g/mol. The van der Waals surface area contributed by atoms with E-state index in [0.717, 1.165) is 96.3 Å². The number of allylic oxidation sites excluding steroid dienone is 13. The van der Waals surface area contributed by atoms with Gasteiger partial charge in [-0.25, -0.2) is 0 Å². The molecule has 0 heterocycles. The first kappa shape index (κ1) is 55.6. The number of hydrogen-bond donors (Lipinski definition) is 0. The van der Waals surface area contributed by atoms with E-state index >= 15 is 0 Å². The highest BCUT2D eigenvalue weighted by Crippen LogP contribution is 2.12. The third kappa shape index (κ3) is 45.5. The molecule has 0 aromatic carbocycles. The van der Waals surface area contributed by atoms with Gasteiger partial charge in [-0.1, -0.05) is 183 Å². The molecule has 0 radical (unpaired) electrons. The molecule has 1 unspecified atom stereocenters. The van der Waals surface area contributed by atoms with Crippen LogP contribution in [0.1, 0.15) is 213 Å². The third-order valence-electron chi connectivity index (χ3n) is 9.89. The zero-order valence-corrected chi connectivity index (χ0v) is 38.2. The lowest BCUT2D eigenvalue weighted by atomic mass is 10.1. The molecule has 0 aromatic rings. The first-order valence-electron chi connectivity index (χ1n) is 24.1. The molecule has 0 rings (SSSR count). The zero-order chi connectivity index (χ0) is 43.0. The average Bonchev–Trinajstić information content (AvgIpc) is 3.23. The Labute approximate surface area is 363 Å². The Kier molecular flexibility index (Phi) is 44.5. The summed E-state index contributed by atoms with van der Waals surface area (Å²) in [5.74, 6) is -1.07.